The van der Waals surface area contributed by atoms with E-state index < -0.39 is 0 Å². The first-order valence-corrected chi connectivity index (χ1v) is 13.1. The summed E-state index contributed by atoms with van der Waals surface area (Å²) in [4.78, 5) is 27.3. The SMILES string of the molecule is COc1ccc(-c2csc3ncnc(SC(C)C(=O)Nc4nc(-c5ccccc5)cs4)c23)cc1. The van der Waals surface area contributed by atoms with Crippen LogP contribution in [0, 0.1) is 0 Å². The van der Waals surface area contributed by atoms with Crippen molar-refractivity contribution in [3.63, 3.8) is 0 Å². The number of benzene rings is 2. The van der Waals surface area contributed by atoms with Gasteiger partial charge in [-0.25, -0.2) is 15.0 Å². The summed E-state index contributed by atoms with van der Waals surface area (Å²) in [6.07, 6.45) is 1.55. The van der Waals surface area contributed by atoms with Crippen LogP contribution in [0.2, 0.25) is 0 Å². The molecule has 5 rings (SSSR count). The van der Waals surface area contributed by atoms with Crippen LogP contribution in [0.4, 0.5) is 5.13 Å². The molecular weight excluding hydrogens is 485 g/mol. The number of nitrogens with zero attached hydrogens (tertiary/aromatic N) is 3. The molecule has 5 aromatic rings. The van der Waals surface area contributed by atoms with Gasteiger partial charge in [0.05, 0.1) is 23.4 Å². The highest BCUT2D eigenvalue weighted by molar-refractivity contribution is 8.00. The number of nitrogens with one attached hydrogen (secondary N) is 1. The molecule has 1 atom stereocenters. The summed E-state index contributed by atoms with van der Waals surface area (Å²) >= 11 is 4.40. The number of fused-ring (bicyclic) bond motifs is 1. The minimum Gasteiger partial charge on any atom is -0.497 e. The minimum absolute atomic E-state index is 0.119. The van der Waals surface area contributed by atoms with Crippen molar-refractivity contribution in [3.8, 4) is 28.1 Å². The Hall–Kier alpha value is -3.27. The van der Waals surface area contributed by atoms with Gasteiger partial charge in [0.1, 0.15) is 21.9 Å². The molecule has 9 heteroatoms. The first-order valence-electron chi connectivity index (χ1n) is 10.5. The van der Waals surface area contributed by atoms with Gasteiger partial charge in [0, 0.05) is 21.9 Å². The average molecular weight is 505 g/mol. The van der Waals surface area contributed by atoms with Crippen LogP contribution in [0.3, 0.4) is 0 Å². The third-order valence-corrected chi connectivity index (χ3v) is 7.94. The molecule has 0 radical (unpaired) electrons. The molecule has 2 aromatic carbocycles. The van der Waals surface area contributed by atoms with Crippen molar-refractivity contribution in [1.29, 1.82) is 0 Å². The Bertz CT molecular complexity index is 1430. The Kier molecular flexibility index (Phi) is 6.57. The van der Waals surface area contributed by atoms with Crippen LogP contribution in [-0.2, 0) is 4.79 Å². The number of methoxy groups -OCH3 is 1. The van der Waals surface area contributed by atoms with E-state index in [1.54, 1.807) is 24.8 Å². The first-order chi connectivity index (χ1) is 16.6. The van der Waals surface area contributed by atoms with E-state index in [0.717, 1.165) is 43.4 Å². The van der Waals surface area contributed by atoms with Crippen LogP contribution >= 0.6 is 34.4 Å². The van der Waals surface area contributed by atoms with Crippen molar-refractivity contribution < 1.29 is 9.53 Å². The lowest BCUT2D eigenvalue weighted by Gasteiger charge is -2.11. The quantitative estimate of drug-likeness (QED) is 0.199. The van der Waals surface area contributed by atoms with Crippen molar-refractivity contribution >= 4 is 55.7 Å². The summed E-state index contributed by atoms with van der Waals surface area (Å²) in [6, 6.07) is 17.8. The van der Waals surface area contributed by atoms with Gasteiger partial charge in [-0.3, -0.25) is 4.79 Å². The number of carbonyl (C=O) groups is 1. The number of carbonyl (C=O) groups excluding carboxylic acids is 1. The predicted octanol–water partition coefficient (Wildman–Crippen LogP) is 6.61. The maximum Gasteiger partial charge on any atom is 0.239 e. The number of rotatable bonds is 7. The van der Waals surface area contributed by atoms with Crippen LogP contribution in [0.25, 0.3) is 32.6 Å². The van der Waals surface area contributed by atoms with Crippen LogP contribution < -0.4 is 10.1 Å². The maximum absolute atomic E-state index is 12.9. The van der Waals surface area contributed by atoms with Gasteiger partial charge in [0.15, 0.2) is 5.13 Å². The number of thiazole rings is 1. The molecule has 0 aliphatic heterocycles. The van der Waals surface area contributed by atoms with E-state index >= 15 is 0 Å². The molecule has 1 amide bonds. The third-order valence-electron chi connectivity index (χ3n) is 5.20. The monoisotopic (exact) mass is 504 g/mol. The Morgan fingerprint density at radius 1 is 1.00 bits per heavy atom. The fourth-order valence-corrected chi connectivity index (χ4v) is 6.06. The summed E-state index contributed by atoms with van der Waals surface area (Å²) in [6.45, 7) is 1.87. The Balaban J connectivity index is 1.35. The van der Waals surface area contributed by atoms with Crippen molar-refractivity contribution in [1.82, 2.24) is 15.0 Å². The lowest BCUT2D eigenvalue weighted by atomic mass is 10.1. The number of ether oxygens (including phenoxy) is 1. The van der Waals surface area contributed by atoms with E-state index in [1.165, 1.54) is 23.1 Å². The number of anilines is 1. The van der Waals surface area contributed by atoms with E-state index in [9.17, 15) is 4.79 Å². The summed E-state index contributed by atoms with van der Waals surface area (Å²) < 4.78 is 5.28. The Morgan fingerprint density at radius 2 is 1.79 bits per heavy atom. The van der Waals surface area contributed by atoms with Gasteiger partial charge in [-0.05, 0) is 24.6 Å². The number of thiophene rings is 1. The van der Waals surface area contributed by atoms with Crippen molar-refractivity contribution in [2.45, 2.75) is 17.2 Å². The fourth-order valence-electron chi connectivity index (χ4n) is 3.42. The molecule has 3 aromatic heterocycles. The lowest BCUT2D eigenvalue weighted by Crippen LogP contribution is -2.22. The van der Waals surface area contributed by atoms with Gasteiger partial charge < -0.3 is 10.1 Å². The second-order valence-electron chi connectivity index (χ2n) is 7.39. The summed E-state index contributed by atoms with van der Waals surface area (Å²) in [7, 11) is 1.65. The highest BCUT2D eigenvalue weighted by Crippen LogP contribution is 2.39. The minimum atomic E-state index is -0.370. The van der Waals surface area contributed by atoms with E-state index in [0.29, 0.717) is 5.13 Å². The molecule has 0 saturated carbocycles. The molecule has 0 bridgehead atoms. The molecule has 170 valence electrons. The highest BCUT2D eigenvalue weighted by atomic mass is 32.2. The van der Waals surface area contributed by atoms with Gasteiger partial charge in [-0.2, -0.15) is 0 Å². The topological polar surface area (TPSA) is 77.0 Å². The standard InChI is InChI=1S/C25H20N4O2S3/c1-15(22(30)29-25-28-20(13-33-25)17-6-4-3-5-7-17)34-24-21-19(12-32-23(21)26-14-27-24)16-8-10-18(31-2)11-9-16/h3-15H,1-2H3,(H,28,29,30). The van der Waals surface area contributed by atoms with Gasteiger partial charge in [0.25, 0.3) is 0 Å². The first kappa shape index (κ1) is 22.5. The summed E-state index contributed by atoms with van der Waals surface area (Å²) in [5.41, 5.74) is 3.97. The number of thioether (sulfide) groups is 1. The van der Waals surface area contributed by atoms with Crippen molar-refractivity contribution in [3.05, 3.63) is 71.7 Å². The molecule has 1 N–H and O–H groups in total. The maximum atomic E-state index is 12.9. The second-order valence-corrected chi connectivity index (χ2v) is 10.4. The molecule has 0 fully saturated rings. The van der Waals surface area contributed by atoms with Crippen LogP contribution in [-0.4, -0.2) is 33.2 Å². The van der Waals surface area contributed by atoms with Crippen LogP contribution in [0.15, 0.2) is 76.7 Å². The molecule has 3 heterocycles. The smallest absolute Gasteiger partial charge is 0.239 e. The molecule has 34 heavy (non-hydrogen) atoms. The Labute approximate surface area is 209 Å². The van der Waals surface area contributed by atoms with Gasteiger partial charge in [0.2, 0.25) is 5.91 Å². The zero-order valence-corrected chi connectivity index (χ0v) is 20.8. The third kappa shape index (κ3) is 4.68. The Morgan fingerprint density at radius 3 is 2.56 bits per heavy atom. The molecule has 0 aliphatic carbocycles. The van der Waals surface area contributed by atoms with Gasteiger partial charge in [-0.1, -0.05) is 54.2 Å². The van der Waals surface area contributed by atoms with E-state index in [-0.39, 0.29) is 11.2 Å². The van der Waals surface area contributed by atoms with E-state index in [1.807, 2.05) is 66.9 Å². The number of hydrogen-bond donors (Lipinski definition) is 1. The zero-order chi connectivity index (χ0) is 23.5. The lowest BCUT2D eigenvalue weighted by molar-refractivity contribution is -0.115. The van der Waals surface area contributed by atoms with Crippen LogP contribution in [0.5, 0.6) is 5.75 Å². The van der Waals surface area contributed by atoms with Crippen molar-refractivity contribution in [2.75, 3.05) is 12.4 Å². The van der Waals surface area contributed by atoms with E-state index in [4.69, 9.17) is 4.74 Å². The highest BCUT2D eigenvalue weighted by Gasteiger charge is 2.21. The largest absolute Gasteiger partial charge is 0.497 e. The molecule has 0 aliphatic rings. The van der Waals surface area contributed by atoms with Gasteiger partial charge in [-0.15, -0.1) is 22.7 Å². The molecule has 6 nitrogen and oxygen atoms in total. The fraction of sp³-hybridized carbons (Fsp3) is 0.120. The van der Waals surface area contributed by atoms with Gasteiger partial charge >= 0.3 is 0 Å². The zero-order valence-electron chi connectivity index (χ0n) is 18.4. The number of hydrogen-bond acceptors (Lipinski definition) is 8. The predicted molar refractivity (Wildman–Crippen MR) is 141 cm³/mol. The van der Waals surface area contributed by atoms with Crippen molar-refractivity contribution in [2.24, 2.45) is 0 Å². The molecule has 1 unspecified atom stereocenters. The average Bonchev–Trinajstić information content (AvgIpc) is 3.52. The summed E-state index contributed by atoms with van der Waals surface area (Å²) in [5, 5.41) is 8.93. The molecular formula is C25H20N4O2S3. The normalized spacial score (nSPS) is 11.9. The second kappa shape index (κ2) is 9.92. The van der Waals surface area contributed by atoms with E-state index in [2.05, 4.69) is 25.6 Å². The summed E-state index contributed by atoms with van der Waals surface area (Å²) in [5.74, 6) is 0.684. The van der Waals surface area contributed by atoms with Crippen LogP contribution in [0.1, 0.15) is 6.92 Å². The number of aromatic nitrogens is 3. The number of amides is 1. The molecule has 0 saturated heterocycles. The molecule has 0 spiro atoms.